The number of nitrogens with zero attached hydrogens (tertiary/aromatic N) is 3. The Morgan fingerprint density at radius 3 is 2.79 bits per heavy atom. The van der Waals surface area contributed by atoms with Gasteiger partial charge in [0.15, 0.2) is 5.11 Å². The van der Waals surface area contributed by atoms with Crippen molar-refractivity contribution in [3.8, 4) is 5.75 Å². The van der Waals surface area contributed by atoms with Gasteiger partial charge in [-0.3, -0.25) is 14.4 Å². The van der Waals surface area contributed by atoms with Gasteiger partial charge < -0.3 is 10.1 Å². The molecule has 11 heteroatoms. The lowest BCUT2D eigenvalue weighted by molar-refractivity contribution is -0.253. The molecule has 0 bridgehead atoms. The van der Waals surface area contributed by atoms with E-state index in [2.05, 4.69) is 15.2 Å². The summed E-state index contributed by atoms with van der Waals surface area (Å²) in [7, 11) is 0. The number of carbonyl (C=O) groups is 1. The van der Waals surface area contributed by atoms with Gasteiger partial charge in [-0.2, -0.15) is 22.7 Å². The van der Waals surface area contributed by atoms with Crippen LogP contribution in [0.5, 0.6) is 5.75 Å². The van der Waals surface area contributed by atoms with Crippen LogP contribution < -0.4 is 10.1 Å². The second-order valence-corrected chi connectivity index (χ2v) is 6.51. The van der Waals surface area contributed by atoms with Gasteiger partial charge in [0.25, 0.3) is 5.91 Å². The Labute approximate surface area is 168 Å². The Morgan fingerprint density at radius 1 is 1.38 bits per heavy atom. The smallest absolute Gasteiger partial charge is 0.428 e. The molecule has 1 fully saturated rings. The number of halogens is 4. The second-order valence-electron chi connectivity index (χ2n) is 6.12. The lowest BCUT2D eigenvalue weighted by Gasteiger charge is -2.16. The van der Waals surface area contributed by atoms with E-state index in [4.69, 9.17) is 12.2 Å². The van der Waals surface area contributed by atoms with Crippen molar-refractivity contribution in [1.29, 1.82) is 0 Å². The van der Waals surface area contributed by atoms with Crippen LogP contribution in [-0.4, -0.2) is 38.2 Å². The molecular weight excluding hydrogens is 412 g/mol. The minimum Gasteiger partial charge on any atom is -0.428 e. The number of thiocarbonyl (C=S) groups is 1. The SMILES string of the molecule is CCn1cc(CN2C(=O)/C(=C\c3cccc(OC(F)(F)C(F)F)c3)NC2=S)cn1. The summed E-state index contributed by atoms with van der Waals surface area (Å²) < 4.78 is 56.5. The highest BCUT2D eigenvalue weighted by Crippen LogP contribution is 2.28. The average molecular weight is 428 g/mol. The standard InChI is InChI=1S/C18H16F4N4O2S/c1-2-25-9-12(8-23-25)10-26-15(27)14(24-17(26)29)7-11-4-3-5-13(6-11)28-18(21,22)16(19)20/h3-9,16H,2,10H2,1H3,(H,24,29)/b14-7+. The van der Waals surface area contributed by atoms with Crippen molar-refractivity contribution in [2.75, 3.05) is 0 Å². The van der Waals surface area contributed by atoms with E-state index in [-0.39, 0.29) is 17.4 Å². The van der Waals surface area contributed by atoms with E-state index in [0.29, 0.717) is 12.1 Å². The fourth-order valence-electron chi connectivity index (χ4n) is 2.59. The molecule has 3 rings (SSSR count). The molecule has 0 unspecified atom stereocenters. The predicted molar refractivity (Wildman–Crippen MR) is 100 cm³/mol. The first-order valence-electron chi connectivity index (χ1n) is 8.50. The van der Waals surface area contributed by atoms with Crippen molar-refractivity contribution in [3.05, 3.63) is 53.5 Å². The number of alkyl halides is 4. The molecule has 1 N–H and O–H groups in total. The third kappa shape index (κ3) is 4.73. The highest BCUT2D eigenvalue weighted by atomic mass is 32.1. The van der Waals surface area contributed by atoms with Crippen LogP contribution in [0, 0.1) is 0 Å². The molecule has 2 heterocycles. The number of carbonyl (C=O) groups excluding carboxylic acids is 1. The van der Waals surface area contributed by atoms with Gasteiger partial charge in [-0.05, 0) is 42.9 Å². The highest BCUT2D eigenvalue weighted by Gasteiger charge is 2.44. The van der Waals surface area contributed by atoms with Gasteiger partial charge in [-0.1, -0.05) is 12.1 Å². The lowest BCUT2D eigenvalue weighted by Crippen LogP contribution is -2.33. The molecule has 1 amide bonds. The molecular formula is C18H16F4N4O2S. The molecule has 0 aliphatic carbocycles. The topological polar surface area (TPSA) is 59.4 Å². The summed E-state index contributed by atoms with van der Waals surface area (Å²) in [5.41, 5.74) is 1.21. The van der Waals surface area contributed by atoms with Crippen LogP contribution in [0.1, 0.15) is 18.1 Å². The van der Waals surface area contributed by atoms with E-state index in [9.17, 15) is 22.4 Å². The Bertz CT molecular complexity index is 961. The van der Waals surface area contributed by atoms with E-state index < -0.39 is 24.2 Å². The minimum absolute atomic E-state index is 0.121. The summed E-state index contributed by atoms with van der Waals surface area (Å²) in [4.78, 5) is 14.0. The third-order valence-electron chi connectivity index (χ3n) is 3.99. The summed E-state index contributed by atoms with van der Waals surface area (Å²) in [6.45, 7) is 2.83. The summed E-state index contributed by atoms with van der Waals surface area (Å²) >= 11 is 5.19. The largest absolute Gasteiger partial charge is 0.461 e. The van der Waals surface area contributed by atoms with Crippen LogP contribution in [0.3, 0.4) is 0 Å². The molecule has 1 aromatic carbocycles. The van der Waals surface area contributed by atoms with Gasteiger partial charge in [0.1, 0.15) is 11.4 Å². The first-order valence-corrected chi connectivity index (χ1v) is 8.91. The number of rotatable bonds is 7. The van der Waals surface area contributed by atoms with Gasteiger partial charge in [0, 0.05) is 18.3 Å². The molecule has 6 nitrogen and oxygen atoms in total. The molecule has 154 valence electrons. The number of benzene rings is 1. The second kappa shape index (κ2) is 8.19. The number of ether oxygens (including phenoxy) is 1. The number of hydrogen-bond acceptors (Lipinski definition) is 4. The lowest BCUT2D eigenvalue weighted by atomic mass is 10.2. The van der Waals surface area contributed by atoms with Crippen molar-refractivity contribution in [3.63, 3.8) is 0 Å². The summed E-state index contributed by atoms with van der Waals surface area (Å²) in [5, 5.41) is 7.08. The van der Waals surface area contributed by atoms with E-state index in [1.54, 1.807) is 17.1 Å². The zero-order valence-corrected chi connectivity index (χ0v) is 15.9. The molecule has 0 saturated carbocycles. The number of hydrogen-bond donors (Lipinski definition) is 1. The molecule has 2 aromatic rings. The van der Waals surface area contributed by atoms with Crippen LogP contribution in [0.25, 0.3) is 6.08 Å². The van der Waals surface area contributed by atoms with Crippen LogP contribution in [-0.2, 0) is 17.9 Å². The zero-order chi connectivity index (χ0) is 21.2. The van der Waals surface area contributed by atoms with Gasteiger partial charge in [0.05, 0.1) is 12.7 Å². The number of aryl methyl sites for hydroxylation is 1. The molecule has 1 aromatic heterocycles. The van der Waals surface area contributed by atoms with E-state index in [1.807, 2.05) is 6.92 Å². The van der Waals surface area contributed by atoms with E-state index in [0.717, 1.165) is 17.7 Å². The van der Waals surface area contributed by atoms with Crippen molar-refractivity contribution in [1.82, 2.24) is 20.0 Å². The fourth-order valence-corrected chi connectivity index (χ4v) is 2.85. The van der Waals surface area contributed by atoms with Crippen molar-refractivity contribution in [2.24, 2.45) is 0 Å². The van der Waals surface area contributed by atoms with Gasteiger partial charge in [-0.25, -0.2) is 0 Å². The Kier molecular flexibility index (Phi) is 5.87. The average Bonchev–Trinajstić information content (AvgIpc) is 3.22. The number of amides is 1. The Hall–Kier alpha value is -2.95. The third-order valence-corrected chi connectivity index (χ3v) is 4.31. The minimum atomic E-state index is -4.62. The van der Waals surface area contributed by atoms with Crippen LogP contribution in [0.4, 0.5) is 17.6 Å². The van der Waals surface area contributed by atoms with Gasteiger partial charge >= 0.3 is 12.5 Å². The summed E-state index contributed by atoms with van der Waals surface area (Å²) in [6.07, 6.45) is -3.79. The molecule has 1 saturated heterocycles. The van der Waals surface area contributed by atoms with Crippen LogP contribution in [0.2, 0.25) is 0 Å². The number of aromatic nitrogens is 2. The van der Waals surface area contributed by atoms with E-state index >= 15 is 0 Å². The molecule has 1 aliphatic rings. The van der Waals surface area contributed by atoms with E-state index in [1.165, 1.54) is 23.1 Å². The summed E-state index contributed by atoms with van der Waals surface area (Å²) in [5.74, 6) is -0.870. The quantitative estimate of drug-likeness (QED) is 0.416. The molecule has 0 radical (unpaired) electrons. The number of nitrogens with one attached hydrogen (secondary N) is 1. The maximum atomic E-state index is 13.1. The normalized spacial score (nSPS) is 16.1. The van der Waals surface area contributed by atoms with Crippen LogP contribution >= 0.6 is 12.2 Å². The molecule has 1 aliphatic heterocycles. The Balaban J connectivity index is 1.76. The van der Waals surface area contributed by atoms with Crippen LogP contribution in [0.15, 0.2) is 42.4 Å². The van der Waals surface area contributed by atoms with Gasteiger partial charge in [0.2, 0.25) is 0 Å². The summed E-state index contributed by atoms with van der Waals surface area (Å²) in [6, 6.07) is 5.09. The predicted octanol–water partition coefficient (Wildman–Crippen LogP) is 3.40. The molecule has 0 atom stereocenters. The fraction of sp³-hybridized carbons (Fsp3) is 0.278. The molecule has 0 spiro atoms. The Morgan fingerprint density at radius 2 is 2.14 bits per heavy atom. The zero-order valence-electron chi connectivity index (χ0n) is 15.1. The monoisotopic (exact) mass is 428 g/mol. The van der Waals surface area contributed by atoms with Gasteiger partial charge in [-0.15, -0.1) is 0 Å². The van der Waals surface area contributed by atoms with Crippen molar-refractivity contribution >= 4 is 29.3 Å². The van der Waals surface area contributed by atoms with Crippen molar-refractivity contribution in [2.45, 2.75) is 32.5 Å². The molecule has 29 heavy (non-hydrogen) atoms. The first kappa shape index (κ1) is 20.8. The highest BCUT2D eigenvalue weighted by molar-refractivity contribution is 7.80. The maximum Gasteiger partial charge on any atom is 0.461 e. The van der Waals surface area contributed by atoms with Crippen molar-refractivity contribution < 1.29 is 27.1 Å². The first-order chi connectivity index (χ1) is 13.7. The maximum absolute atomic E-state index is 13.1.